The minimum atomic E-state index is 0.0816. The Morgan fingerprint density at radius 2 is 0.880 bits per heavy atom. The zero-order valence-corrected chi connectivity index (χ0v) is 27.7. The molecule has 0 fully saturated rings. The topological polar surface area (TPSA) is 32.8 Å². The van der Waals surface area contributed by atoms with Gasteiger partial charge in [0.15, 0.2) is 0 Å². The summed E-state index contributed by atoms with van der Waals surface area (Å²) in [6, 6.07) is 52.7. The zero-order chi connectivity index (χ0) is 33.1. The fourth-order valence-corrected chi connectivity index (χ4v) is 8.51. The predicted octanol–water partition coefficient (Wildman–Crippen LogP) is 10.7. The Morgan fingerprint density at radius 1 is 0.440 bits per heavy atom. The third-order valence-corrected chi connectivity index (χ3v) is 10.8. The van der Waals surface area contributed by atoms with Crippen LogP contribution in [-0.2, 0) is 0 Å². The quantitative estimate of drug-likeness (QED) is 0.180. The second kappa shape index (κ2) is 10.2. The Labute approximate surface area is 289 Å². The molecule has 0 aliphatic carbocycles. The lowest BCUT2D eigenvalue weighted by Gasteiger charge is -2.44. The van der Waals surface area contributed by atoms with Gasteiger partial charge >= 0.3 is 0 Å². The van der Waals surface area contributed by atoms with Gasteiger partial charge in [0.25, 0.3) is 6.71 Å². The van der Waals surface area contributed by atoms with Crippen molar-refractivity contribution < 1.29 is 8.83 Å². The molecule has 4 heterocycles. The summed E-state index contributed by atoms with van der Waals surface area (Å²) in [4.78, 5) is 4.97. The molecular formula is C45H31BN2O2. The molecule has 2 aliphatic rings. The van der Waals surface area contributed by atoms with Crippen molar-refractivity contribution in [2.24, 2.45) is 0 Å². The van der Waals surface area contributed by atoms with E-state index in [4.69, 9.17) is 8.83 Å². The van der Waals surface area contributed by atoms with Gasteiger partial charge in [0, 0.05) is 55.7 Å². The van der Waals surface area contributed by atoms with Gasteiger partial charge in [0.1, 0.15) is 22.3 Å². The molecule has 2 aromatic heterocycles. The summed E-state index contributed by atoms with van der Waals surface area (Å²) in [5.41, 5.74) is 15.9. The van der Waals surface area contributed by atoms with E-state index in [-0.39, 0.29) is 6.71 Å². The molecule has 0 amide bonds. The van der Waals surface area contributed by atoms with Gasteiger partial charge in [-0.1, -0.05) is 86.6 Å². The molecule has 50 heavy (non-hydrogen) atoms. The summed E-state index contributed by atoms with van der Waals surface area (Å²) in [5.74, 6) is 0.327. The average Bonchev–Trinajstić information content (AvgIpc) is 3.72. The number of furan rings is 2. The minimum Gasteiger partial charge on any atom is -0.456 e. The normalized spacial score (nSPS) is 13.5. The standard InChI is InChI=1S/C45H31BN2O2/c1-27(2)28-23-39-45-40(24-28)48(30-20-22-44-34(26-30)32-12-4-10-18-42(32)50-44)38-16-8-6-14-36(38)46(45)35-13-5-7-15-37(35)47(39)29-19-21-43-33(25-29)31-11-3-9-17-41(31)49-43/h3-27H,1-2H3. The van der Waals surface area contributed by atoms with Crippen molar-refractivity contribution in [2.45, 2.75) is 19.8 Å². The first-order chi connectivity index (χ1) is 24.6. The lowest BCUT2D eigenvalue weighted by atomic mass is 9.33. The Morgan fingerprint density at radius 3 is 1.38 bits per heavy atom. The first kappa shape index (κ1) is 27.7. The first-order valence-electron chi connectivity index (χ1n) is 17.4. The van der Waals surface area contributed by atoms with Crippen molar-refractivity contribution in [1.29, 1.82) is 0 Å². The number of para-hydroxylation sites is 4. The second-order valence-electron chi connectivity index (χ2n) is 13.9. The average molecular weight is 643 g/mol. The van der Waals surface area contributed by atoms with E-state index < -0.39 is 0 Å². The van der Waals surface area contributed by atoms with E-state index >= 15 is 0 Å². The largest absolute Gasteiger partial charge is 0.456 e. The SMILES string of the molecule is CC(C)c1cc2c3c(c1)N(c1ccc4oc5ccccc5c4c1)c1ccccc1B3c1ccccc1N2c1ccc2oc3ccccc3c2c1. The van der Waals surface area contributed by atoms with E-state index in [1.165, 1.54) is 44.7 Å². The number of hydrogen-bond donors (Lipinski definition) is 0. The molecule has 0 unspecified atom stereocenters. The van der Waals surface area contributed by atoms with Crippen LogP contribution in [0.15, 0.2) is 154 Å². The first-order valence-corrected chi connectivity index (χ1v) is 17.4. The molecule has 0 bridgehead atoms. The molecule has 5 heteroatoms. The molecule has 0 atom stereocenters. The van der Waals surface area contributed by atoms with Crippen LogP contribution >= 0.6 is 0 Å². The van der Waals surface area contributed by atoms with Crippen molar-refractivity contribution >= 4 is 101 Å². The highest BCUT2D eigenvalue weighted by Gasteiger charge is 2.43. The summed E-state index contributed by atoms with van der Waals surface area (Å²) in [7, 11) is 0. The van der Waals surface area contributed by atoms with Crippen molar-refractivity contribution in [3.05, 3.63) is 151 Å². The van der Waals surface area contributed by atoms with Crippen molar-refractivity contribution in [2.75, 3.05) is 9.80 Å². The van der Waals surface area contributed by atoms with Crippen LogP contribution in [0.25, 0.3) is 43.9 Å². The molecule has 2 aliphatic heterocycles. The van der Waals surface area contributed by atoms with E-state index in [1.54, 1.807) is 0 Å². The summed E-state index contributed by atoms with van der Waals surface area (Å²) in [6.07, 6.45) is 0. The molecule has 0 saturated heterocycles. The molecule has 0 radical (unpaired) electrons. The van der Waals surface area contributed by atoms with Gasteiger partial charge in [-0.3, -0.25) is 0 Å². The van der Waals surface area contributed by atoms with E-state index in [0.29, 0.717) is 5.92 Å². The fraction of sp³-hybridized carbons (Fsp3) is 0.0667. The third kappa shape index (κ3) is 3.77. The van der Waals surface area contributed by atoms with E-state index in [9.17, 15) is 0 Å². The number of benzene rings is 7. The number of hydrogen-bond acceptors (Lipinski definition) is 4. The van der Waals surface area contributed by atoms with Crippen molar-refractivity contribution in [3.8, 4) is 0 Å². The third-order valence-electron chi connectivity index (χ3n) is 10.8. The molecule has 11 rings (SSSR count). The van der Waals surface area contributed by atoms with Gasteiger partial charge in [-0.05, 0) is 101 Å². The van der Waals surface area contributed by atoms with Crippen molar-refractivity contribution in [1.82, 2.24) is 0 Å². The van der Waals surface area contributed by atoms with Crippen LogP contribution in [0, 0.1) is 0 Å². The van der Waals surface area contributed by atoms with Crippen LogP contribution in [0.2, 0.25) is 0 Å². The fourth-order valence-electron chi connectivity index (χ4n) is 8.51. The van der Waals surface area contributed by atoms with Crippen LogP contribution in [0.3, 0.4) is 0 Å². The van der Waals surface area contributed by atoms with E-state index in [0.717, 1.165) is 55.3 Å². The van der Waals surface area contributed by atoms with Crippen LogP contribution in [0.4, 0.5) is 34.1 Å². The molecular weight excluding hydrogens is 611 g/mol. The van der Waals surface area contributed by atoms with Crippen LogP contribution < -0.4 is 26.2 Å². The highest BCUT2D eigenvalue weighted by molar-refractivity contribution is 7.00. The highest BCUT2D eigenvalue weighted by Crippen LogP contribution is 2.47. The van der Waals surface area contributed by atoms with Crippen LogP contribution in [0.5, 0.6) is 0 Å². The van der Waals surface area contributed by atoms with Crippen LogP contribution in [-0.4, -0.2) is 6.71 Å². The zero-order valence-electron chi connectivity index (χ0n) is 27.7. The number of fused-ring (bicyclic) bond motifs is 10. The molecule has 7 aromatic carbocycles. The lowest BCUT2D eigenvalue weighted by molar-refractivity contribution is 0.668. The Balaban J connectivity index is 1.22. The maximum Gasteiger partial charge on any atom is 0.252 e. The van der Waals surface area contributed by atoms with Gasteiger partial charge in [-0.25, -0.2) is 0 Å². The lowest BCUT2D eigenvalue weighted by Crippen LogP contribution is -2.61. The van der Waals surface area contributed by atoms with E-state index in [2.05, 4.69) is 145 Å². The smallest absolute Gasteiger partial charge is 0.252 e. The van der Waals surface area contributed by atoms with Gasteiger partial charge in [0.2, 0.25) is 0 Å². The maximum atomic E-state index is 6.27. The summed E-state index contributed by atoms with van der Waals surface area (Å²) >= 11 is 0. The number of rotatable bonds is 3. The molecule has 236 valence electrons. The second-order valence-corrected chi connectivity index (χ2v) is 13.9. The Hall–Kier alpha value is -6.20. The van der Waals surface area contributed by atoms with Gasteiger partial charge in [-0.2, -0.15) is 0 Å². The molecule has 0 saturated carbocycles. The van der Waals surface area contributed by atoms with Gasteiger partial charge in [0.05, 0.1) is 0 Å². The highest BCUT2D eigenvalue weighted by atomic mass is 16.3. The van der Waals surface area contributed by atoms with Gasteiger partial charge < -0.3 is 18.6 Å². The summed E-state index contributed by atoms with van der Waals surface area (Å²) in [5, 5.41) is 4.51. The van der Waals surface area contributed by atoms with E-state index in [1.807, 2.05) is 24.3 Å². The summed E-state index contributed by atoms with van der Waals surface area (Å²) < 4.78 is 12.5. The Kier molecular flexibility index (Phi) is 5.63. The van der Waals surface area contributed by atoms with Crippen LogP contribution in [0.1, 0.15) is 25.3 Å². The molecule has 0 N–H and O–H groups in total. The maximum absolute atomic E-state index is 6.27. The molecule has 0 spiro atoms. The van der Waals surface area contributed by atoms with Gasteiger partial charge in [-0.15, -0.1) is 0 Å². The molecule has 4 nitrogen and oxygen atoms in total. The predicted molar refractivity (Wildman–Crippen MR) is 209 cm³/mol. The number of nitrogens with zero attached hydrogens (tertiary/aromatic N) is 2. The minimum absolute atomic E-state index is 0.0816. The molecule has 9 aromatic rings. The monoisotopic (exact) mass is 642 g/mol. The van der Waals surface area contributed by atoms with Crippen molar-refractivity contribution in [3.63, 3.8) is 0 Å². The number of anilines is 6. The Bertz CT molecular complexity index is 2660. The summed E-state index contributed by atoms with van der Waals surface area (Å²) in [6.45, 7) is 4.67.